The Bertz CT molecular complexity index is 1450. The van der Waals surface area contributed by atoms with E-state index in [-0.39, 0.29) is 30.8 Å². The Labute approximate surface area is 201 Å². The molecule has 0 unspecified atom stereocenters. The lowest BCUT2D eigenvalue weighted by Gasteiger charge is -2.13. The van der Waals surface area contributed by atoms with Gasteiger partial charge in [-0.15, -0.1) is 6.42 Å². The fourth-order valence-corrected chi connectivity index (χ4v) is 3.51. The number of nitrogens with one attached hydrogen (secondary N) is 2. The Kier molecular flexibility index (Phi) is 7.10. The van der Waals surface area contributed by atoms with Crippen LogP contribution in [-0.2, 0) is 9.53 Å². The number of hydrogen-bond donors (Lipinski definition) is 2. The van der Waals surface area contributed by atoms with E-state index in [0.717, 1.165) is 0 Å². The van der Waals surface area contributed by atoms with Crippen molar-refractivity contribution in [3.63, 3.8) is 0 Å². The predicted octanol–water partition coefficient (Wildman–Crippen LogP) is 4.05. The summed E-state index contributed by atoms with van der Waals surface area (Å²) in [5.74, 6) is 1.39. The maximum atomic E-state index is 13.6. The number of ether oxygens (including phenoxy) is 1. The molecule has 0 aliphatic heterocycles. The van der Waals surface area contributed by atoms with Crippen molar-refractivity contribution in [3.05, 3.63) is 78.1 Å². The largest absolute Gasteiger partial charge is 0.375 e. The molecule has 0 atom stereocenters. The van der Waals surface area contributed by atoms with Crippen molar-refractivity contribution in [1.82, 2.24) is 15.3 Å². The quantitative estimate of drug-likeness (QED) is 0.399. The molecule has 4 rings (SSSR count). The standard InChI is InChI=1S/C27H21FN4O3/c1-3-13-29-27(34)19-9-12-22-23(15-19)32-26(25(31-22)17-7-10-20(28)11-8-17)18-5-4-6-21(14-18)30-24(33)16-35-2/h1,4-12,14-15H,13,16H2,2H3,(H,29,34)(H,30,33). The number of benzene rings is 3. The summed E-state index contributed by atoms with van der Waals surface area (Å²) in [5.41, 5.74) is 4.38. The molecule has 2 amide bonds. The molecule has 0 aliphatic carbocycles. The number of methoxy groups -OCH3 is 1. The Morgan fingerprint density at radius 3 is 2.46 bits per heavy atom. The molecule has 1 heterocycles. The maximum Gasteiger partial charge on any atom is 0.252 e. The van der Waals surface area contributed by atoms with Crippen LogP contribution in [0.1, 0.15) is 10.4 Å². The van der Waals surface area contributed by atoms with Gasteiger partial charge in [0.15, 0.2) is 0 Å². The van der Waals surface area contributed by atoms with E-state index in [2.05, 4.69) is 16.6 Å². The first-order valence-electron chi connectivity index (χ1n) is 10.7. The van der Waals surface area contributed by atoms with E-state index in [9.17, 15) is 14.0 Å². The third-order valence-corrected chi connectivity index (χ3v) is 5.09. The summed E-state index contributed by atoms with van der Waals surface area (Å²) < 4.78 is 18.5. The number of aromatic nitrogens is 2. The molecule has 0 saturated heterocycles. The number of carbonyl (C=O) groups is 2. The number of halogens is 1. The SMILES string of the molecule is C#CCNC(=O)c1ccc2nc(-c3ccc(F)cc3)c(-c3cccc(NC(=O)COC)c3)nc2c1. The highest BCUT2D eigenvalue weighted by Gasteiger charge is 2.16. The van der Waals surface area contributed by atoms with Crippen LogP contribution in [0.2, 0.25) is 0 Å². The zero-order valence-corrected chi connectivity index (χ0v) is 18.8. The summed E-state index contributed by atoms with van der Waals surface area (Å²) in [6, 6.07) is 18.1. The van der Waals surface area contributed by atoms with E-state index in [0.29, 0.717) is 44.8 Å². The Balaban J connectivity index is 1.85. The predicted molar refractivity (Wildman–Crippen MR) is 132 cm³/mol. The fourth-order valence-electron chi connectivity index (χ4n) is 3.51. The van der Waals surface area contributed by atoms with Gasteiger partial charge in [0.1, 0.15) is 12.4 Å². The third-order valence-electron chi connectivity index (χ3n) is 5.09. The smallest absolute Gasteiger partial charge is 0.252 e. The summed E-state index contributed by atoms with van der Waals surface area (Å²) in [5, 5.41) is 5.40. The van der Waals surface area contributed by atoms with Gasteiger partial charge in [-0.2, -0.15) is 0 Å². The van der Waals surface area contributed by atoms with E-state index in [1.807, 2.05) is 6.07 Å². The highest BCUT2D eigenvalue weighted by Crippen LogP contribution is 2.32. The minimum Gasteiger partial charge on any atom is -0.375 e. The Hall–Kier alpha value is -4.61. The Morgan fingerprint density at radius 2 is 1.71 bits per heavy atom. The summed E-state index contributed by atoms with van der Waals surface area (Å²) in [7, 11) is 1.44. The van der Waals surface area contributed by atoms with E-state index >= 15 is 0 Å². The number of fused-ring (bicyclic) bond motifs is 1. The number of nitrogens with zero attached hydrogens (tertiary/aromatic N) is 2. The molecule has 174 valence electrons. The fraction of sp³-hybridized carbons (Fsp3) is 0.111. The van der Waals surface area contributed by atoms with E-state index in [1.165, 1.54) is 19.2 Å². The molecule has 0 fully saturated rings. The van der Waals surface area contributed by atoms with Gasteiger partial charge in [-0.3, -0.25) is 9.59 Å². The minimum absolute atomic E-state index is 0.0780. The van der Waals surface area contributed by atoms with Crippen molar-refractivity contribution in [2.75, 3.05) is 25.6 Å². The van der Waals surface area contributed by atoms with Crippen molar-refractivity contribution in [1.29, 1.82) is 0 Å². The van der Waals surface area contributed by atoms with Gasteiger partial charge >= 0.3 is 0 Å². The van der Waals surface area contributed by atoms with Crippen LogP contribution in [-0.4, -0.2) is 42.0 Å². The van der Waals surface area contributed by atoms with Crippen LogP contribution < -0.4 is 10.6 Å². The van der Waals surface area contributed by atoms with Gasteiger partial charge < -0.3 is 15.4 Å². The lowest BCUT2D eigenvalue weighted by molar-refractivity contribution is -0.119. The average molecular weight is 468 g/mol. The number of amides is 2. The Morgan fingerprint density at radius 1 is 0.971 bits per heavy atom. The molecule has 4 aromatic rings. The van der Waals surface area contributed by atoms with Gasteiger partial charge in [-0.25, -0.2) is 14.4 Å². The van der Waals surface area contributed by atoms with Crippen LogP contribution in [0.3, 0.4) is 0 Å². The van der Waals surface area contributed by atoms with E-state index in [1.54, 1.807) is 48.5 Å². The zero-order valence-electron chi connectivity index (χ0n) is 18.8. The van der Waals surface area contributed by atoms with Crippen LogP contribution in [0, 0.1) is 18.2 Å². The van der Waals surface area contributed by atoms with Crippen LogP contribution in [0.25, 0.3) is 33.5 Å². The first-order chi connectivity index (χ1) is 17.0. The summed E-state index contributed by atoms with van der Waals surface area (Å²) in [6.07, 6.45) is 5.23. The number of rotatable bonds is 7. The van der Waals surface area contributed by atoms with Crippen LogP contribution in [0.5, 0.6) is 0 Å². The molecule has 2 N–H and O–H groups in total. The highest BCUT2D eigenvalue weighted by atomic mass is 19.1. The molecule has 0 aliphatic rings. The van der Waals surface area contributed by atoms with Gasteiger partial charge in [0.25, 0.3) is 5.91 Å². The van der Waals surface area contributed by atoms with Gasteiger partial charge in [0.2, 0.25) is 5.91 Å². The molecule has 8 heteroatoms. The second-order valence-corrected chi connectivity index (χ2v) is 7.58. The topological polar surface area (TPSA) is 93.2 Å². The van der Waals surface area contributed by atoms with Crippen molar-refractivity contribution in [3.8, 4) is 34.9 Å². The molecule has 1 aromatic heterocycles. The third kappa shape index (κ3) is 5.49. The van der Waals surface area contributed by atoms with Gasteiger partial charge in [-0.05, 0) is 54.6 Å². The van der Waals surface area contributed by atoms with Gasteiger partial charge in [0, 0.05) is 29.5 Å². The van der Waals surface area contributed by atoms with Crippen LogP contribution >= 0.6 is 0 Å². The van der Waals surface area contributed by atoms with Gasteiger partial charge in [-0.1, -0.05) is 18.1 Å². The monoisotopic (exact) mass is 468 g/mol. The molecular weight excluding hydrogens is 447 g/mol. The number of anilines is 1. The number of carbonyl (C=O) groups excluding carboxylic acids is 2. The second kappa shape index (κ2) is 10.5. The van der Waals surface area contributed by atoms with Crippen molar-refractivity contribution < 1.29 is 18.7 Å². The van der Waals surface area contributed by atoms with E-state index < -0.39 is 0 Å². The zero-order chi connectivity index (χ0) is 24.8. The maximum absolute atomic E-state index is 13.6. The highest BCUT2D eigenvalue weighted by molar-refractivity contribution is 5.98. The summed E-state index contributed by atoms with van der Waals surface area (Å²) >= 11 is 0. The number of terminal acetylenes is 1. The minimum atomic E-state index is -0.366. The molecule has 0 radical (unpaired) electrons. The summed E-state index contributed by atoms with van der Waals surface area (Å²) in [6.45, 7) is 0.0320. The first kappa shape index (κ1) is 23.5. The van der Waals surface area contributed by atoms with Crippen LogP contribution in [0.4, 0.5) is 10.1 Å². The average Bonchev–Trinajstić information content (AvgIpc) is 2.87. The molecule has 35 heavy (non-hydrogen) atoms. The van der Waals surface area contributed by atoms with Crippen molar-refractivity contribution in [2.24, 2.45) is 0 Å². The lowest BCUT2D eigenvalue weighted by Crippen LogP contribution is -2.23. The van der Waals surface area contributed by atoms with Crippen LogP contribution in [0.15, 0.2) is 66.7 Å². The molecule has 0 bridgehead atoms. The van der Waals surface area contributed by atoms with Crippen molar-refractivity contribution in [2.45, 2.75) is 0 Å². The van der Waals surface area contributed by atoms with Gasteiger partial charge in [0.05, 0.1) is 29.0 Å². The van der Waals surface area contributed by atoms with Crippen molar-refractivity contribution >= 4 is 28.5 Å². The summed E-state index contributed by atoms with van der Waals surface area (Å²) in [4.78, 5) is 34.0. The molecule has 0 spiro atoms. The molecule has 3 aromatic carbocycles. The lowest BCUT2D eigenvalue weighted by atomic mass is 10.0. The second-order valence-electron chi connectivity index (χ2n) is 7.58. The molecule has 7 nitrogen and oxygen atoms in total. The van der Waals surface area contributed by atoms with E-state index in [4.69, 9.17) is 21.1 Å². The normalized spacial score (nSPS) is 10.5. The first-order valence-corrected chi connectivity index (χ1v) is 10.7. The number of hydrogen-bond acceptors (Lipinski definition) is 5. The molecule has 0 saturated carbocycles. The molecular formula is C27H21FN4O3.